The topological polar surface area (TPSA) is 55.2 Å². The van der Waals surface area contributed by atoms with Crippen molar-refractivity contribution in [2.24, 2.45) is 0 Å². The third-order valence-electron chi connectivity index (χ3n) is 4.05. The standard InChI is InChI=1S/C19H21N3O2S/c1-3-21(14-17-10-6-4-7-11-17)25(23,24)19-15-22(20-16(19)2)18-12-8-5-9-13-18/h4-13,15H,3,14H2,1-2H3. The zero-order valence-electron chi connectivity index (χ0n) is 14.3. The number of para-hydroxylation sites is 1. The van der Waals surface area contributed by atoms with E-state index in [0.717, 1.165) is 11.3 Å². The van der Waals surface area contributed by atoms with E-state index in [9.17, 15) is 8.42 Å². The van der Waals surface area contributed by atoms with Crippen molar-refractivity contribution >= 4 is 10.0 Å². The van der Waals surface area contributed by atoms with Crippen molar-refractivity contribution in [3.05, 3.63) is 78.1 Å². The summed E-state index contributed by atoms with van der Waals surface area (Å²) >= 11 is 0. The Morgan fingerprint density at radius 2 is 1.60 bits per heavy atom. The predicted octanol–water partition coefficient (Wildman–Crippen LogP) is 3.39. The van der Waals surface area contributed by atoms with E-state index in [1.807, 2.05) is 67.6 Å². The lowest BCUT2D eigenvalue weighted by molar-refractivity contribution is 0.423. The van der Waals surface area contributed by atoms with Crippen LogP contribution in [-0.2, 0) is 16.6 Å². The van der Waals surface area contributed by atoms with Gasteiger partial charge in [-0.05, 0) is 24.6 Å². The maximum absolute atomic E-state index is 13.1. The lowest BCUT2D eigenvalue weighted by Gasteiger charge is -2.20. The molecule has 3 aromatic rings. The molecule has 0 atom stereocenters. The Kier molecular flexibility index (Phi) is 5.01. The van der Waals surface area contributed by atoms with E-state index in [1.165, 1.54) is 4.31 Å². The van der Waals surface area contributed by atoms with Gasteiger partial charge in [0.05, 0.1) is 17.6 Å². The number of hydrogen-bond acceptors (Lipinski definition) is 3. The fraction of sp³-hybridized carbons (Fsp3) is 0.211. The number of aromatic nitrogens is 2. The minimum absolute atomic E-state index is 0.245. The van der Waals surface area contributed by atoms with E-state index >= 15 is 0 Å². The molecule has 0 fully saturated rings. The molecule has 0 spiro atoms. The monoisotopic (exact) mass is 355 g/mol. The quantitative estimate of drug-likeness (QED) is 0.681. The van der Waals surface area contributed by atoms with Gasteiger partial charge in [-0.2, -0.15) is 9.40 Å². The second-order valence-electron chi connectivity index (χ2n) is 5.78. The van der Waals surface area contributed by atoms with E-state index in [1.54, 1.807) is 17.8 Å². The number of nitrogens with zero attached hydrogens (tertiary/aromatic N) is 3. The molecule has 0 saturated carbocycles. The molecule has 0 saturated heterocycles. The Bertz CT molecular complexity index is 935. The summed E-state index contributed by atoms with van der Waals surface area (Å²) in [5.41, 5.74) is 2.29. The van der Waals surface area contributed by atoms with Gasteiger partial charge in [0, 0.05) is 13.1 Å². The van der Waals surface area contributed by atoms with Crippen LogP contribution in [0.4, 0.5) is 0 Å². The molecule has 0 N–H and O–H groups in total. The van der Waals surface area contributed by atoms with E-state index in [4.69, 9.17) is 0 Å². The molecule has 0 unspecified atom stereocenters. The normalized spacial score (nSPS) is 11.8. The fourth-order valence-corrected chi connectivity index (χ4v) is 4.29. The molecule has 0 amide bonds. The highest BCUT2D eigenvalue weighted by molar-refractivity contribution is 7.89. The van der Waals surface area contributed by atoms with Crippen LogP contribution in [0.5, 0.6) is 0 Å². The van der Waals surface area contributed by atoms with Crippen LogP contribution in [0.25, 0.3) is 5.69 Å². The van der Waals surface area contributed by atoms with Crippen LogP contribution in [0, 0.1) is 6.92 Å². The van der Waals surface area contributed by atoms with Gasteiger partial charge in [0.15, 0.2) is 0 Å². The molecule has 2 aromatic carbocycles. The average Bonchev–Trinajstić information content (AvgIpc) is 3.04. The van der Waals surface area contributed by atoms with Crippen molar-refractivity contribution in [3.8, 4) is 5.69 Å². The molecular weight excluding hydrogens is 334 g/mol. The number of rotatable bonds is 6. The first-order valence-corrected chi connectivity index (χ1v) is 9.62. The van der Waals surface area contributed by atoms with Crippen LogP contribution < -0.4 is 0 Å². The second-order valence-corrected chi connectivity index (χ2v) is 7.68. The summed E-state index contributed by atoms with van der Waals surface area (Å²) in [5, 5.41) is 4.38. The molecule has 5 nitrogen and oxygen atoms in total. The Labute approximate surface area is 148 Å². The van der Waals surface area contributed by atoms with Gasteiger partial charge in [-0.25, -0.2) is 13.1 Å². The Hall–Kier alpha value is -2.44. The Balaban J connectivity index is 1.95. The third kappa shape index (κ3) is 3.65. The van der Waals surface area contributed by atoms with Crippen molar-refractivity contribution < 1.29 is 8.42 Å². The first-order chi connectivity index (χ1) is 12.0. The molecule has 0 aliphatic heterocycles. The number of benzene rings is 2. The summed E-state index contributed by atoms with van der Waals surface area (Å²) in [6, 6.07) is 19.1. The van der Waals surface area contributed by atoms with Crippen molar-refractivity contribution in [2.45, 2.75) is 25.3 Å². The summed E-state index contributed by atoms with van der Waals surface area (Å²) in [7, 11) is -3.62. The van der Waals surface area contributed by atoms with Crippen LogP contribution >= 0.6 is 0 Å². The molecule has 0 radical (unpaired) electrons. The maximum Gasteiger partial charge on any atom is 0.246 e. The van der Waals surface area contributed by atoms with E-state index in [0.29, 0.717) is 18.8 Å². The molecule has 0 aliphatic rings. The van der Waals surface area contributed by atoms with E-state index in [2.05, 4.69) is 5.10 Å². The van der Waals surface area contributed by atoms with Gasteiger partial charge < -0.3 is 0 Å². The summed E-state index contributed by atoms with van der Waals surface area (Å²) in [6.07, 6.45) is 1.59. The molecule has 0 bridgehead atoms. The van der Waals surface area contributed by atoms with Gasteiger partial charge in [0.2, 0.25) is 10.0 Å². The summed E-state index contributed by atoms with van der Waals surface area (Å²) in [5.74, 6) is 0. The van der Waals surface area contributed by atoms with Crippen molar-refractivity contribution in [1.82, 2.24) is 14.1 Å². The van der Waals surface area contributed by atoms with Gasteiger partial charge in [0.1, 0.15) is 4.90 Å². The zero-order chi connectivity index (χ0) is 17.9. The van der Waals surface area contributed by atoms with Gasteiger partial charge in [-0.3, -0.25) is 0 Å². The van der Waals surface area contributed by atoms with Gasteiger partial charge >= 0.3 is 0 Å². The maximum atomic E-state index is 13.1. The molecule has 130 valence electrons. The summed E-state index contributed by atoms with van der Waals surface area (Å²) in [6.45, 7) is 4.31. The lowest BCUT2D eigenvalue weighted by atomic mass is 10.2. The van der Waals surface area contributed by atoms with E-state index < -0.39 is 10.0 Å². The van der Waals surface area contributed by atoms with Crippen LogP contribution in [0.2, 0.25) is 0 Å². The molecule has 3 rings (SSSR count). The van der Waals surface area contributed by atoms with Crippen molar-refractivity contribution in [3.63, 3.8) is 0 Å². The highest BCUT2D eigenvalue weighted by Crippen LogP contribution is 2.22. The fourth-order valence-electron chi connectivity index (χ4n) is 2.70. The molecule has 0 aliphatic carbocycles. The first kappa shape index (κ1) is 17.4. The smallest absolute Gasteiger partial charge is 0.239 e. The number of sulfonamides is 1. The van der Waals surface area contributed by atoms with Gasteiger partial charge in [-0.1, -0.05) is 55.5 Å². The van der Waals surface area contributed by atoms with Crippen LogP contribution in [0.15, 0.2) is 71.8 Å². The van der Waals surface area contributed by atoms with Gasteiger partial charge in [-0.15, -0.1) is 0 Å². The van der Waals surface area contributed by atoms with Crippen LogP contribution in [0.3, 0.4) is 0 Å². The minimum atomic E-state index is -3.62. The van der Waals surface area contributed by atoms with Crippen LogP contribution in [0.1, 0.15) is 18.2 Å². The number of hydrogen-bond donors (Lipinski definition) is 0. The number of aryl methyl sites for hydroxylation is 1. The predicted molar refractivity (Wildman–Crippen MR) is 98.0 cm³/mol. The largest absolute Gasteiger partial charge is 0.246 e. The van der Waals surface area contributed by atoms with Crippen molar-refractivity contribution in [1.29, 1.82) is 0 Å². The zero-order valence-corrected chi connectivity index (χ0v) is 15.1. The van der Waals surface area contributed by atoms with Crippen molar-refractivity contribution in [2.75, 3.05) is 6.54 Å². The Morgan fingerprint density at radius 3 is 2.20 bits per heavy atom. The SMILES string of the molecule is CCN(Cc1ccccc1)S(=O)(=O)c1cn(-c2ccccc2)nc1C. The van der Waals surface area contributed by atoms with Gasteiger partial charge in [0.25, 0.3) is 0 Å². The summed E-state index contributed by atoms with van der Waals surface area (Å²) in [4.78, 5) is 0.245. The highest BCUT2D eigenvalue weighted by atomic mass is 32.2. The minimum Gasteiger partial charge on any atom is -0.239 e. The average molecular weight is 355 g/mol. The van der Waals surface area contributed by atoms with E-state index in [-0.39, 0.29) is 4.90 Å². The molecular formula is C19H21N3O2S. The molecule has 6 heteroatoms. The first-order valence-electron chi connectivity index (χ1n) is 8.18. The lowest BCUT2D eigenvalue weighted by Crippen LogP contribution is -2.30. The molecule has 1 heterocycles. The highest BCUT2D eigenvalue weighted by Gasteiger charge is 2.27. The van der Waals surface area contributed by atoms with Crippen LogP contribution in [-0.4, -0.2) is 29.0 Å². The molecule has 25 heavy (non-hydrogen) atoms. The summed E-state index contributed by atoms with van der Waals surface area (Å²) < 4.78 is 29.3. The third-order valence-corrected chi connectivity index (χ3v) is 6.07. The Morgan fingerprint density at radius 1 is 1.00 bits per heavy atom. The second kappa shape index (κ2) is 7.21. The molecule has 1 aromatic heterocycles.